The van der Waals surface area contributed by atoms with Crippen LogP contribution < -0.4 is 10.5 Å². The normalized spacial score (nSPS) is 11.2. The molecule has 0 aliphatic heterocycles. The SMILES string of the molecule is CC(C)c1c(COc2ccccc2CC(=O)O)cc(-c2cccc(CN)c2)c2occc12. The van der Waals surface area contributed by atoms with Crippen molar-refractivity contribution in [2.75, 3.05) is 0 Å². The highest BCUT2D eigenvalue weighted by atomic mass is 16.5. The molecule has 0 fully saturated rings. The lowest BCUT2D eigenvalue weighted by Gasteiger charge is -2.18. The van der Waals surface area contributed by atoms with E-state index in [-0.39, 0.29) is 12.3 Å². The summed E-state index contributed by atoms with van der Waals surface area (Å²) in [6.45, 7) is 5.10. The molecule has 0 aliphatic carbocycles. The molecule has 5 nitrogen and oxygen atoms in total. The summed E-state index contributed by atoms with van der Waals surface area (Å²) in [6, 6.07) is 19.6. The van der Waals surface area contributed by atoms with E-state index in [1.807, 2.05) is 36.4 Å². The molecular formula is C27H27NO4. The smallest absolute Gasteiger partial charge is 0.307 e. The first-order valence-corrected chi connectivity index (χ1v) is 10.7. The molecule has 164 valence electrons. The molecule has 0 saturated heterocycles. The molecule has 0 amide bonds. The van der Waals surface area contributed by atoms with Crippen molar-refractivity contribution in [2.45, 2.75) is 39.3 Å². The molecule has 0 radical (unpaired) electrons. The van der Waals surface area contributed by atoms with Gasteiger partial charge in [-0.25, -0.2) is 0 Å². The van der Waals surface area contributed by atoms with Gasteiger partial charge in [-0.3, -0.25) is 4.79 Å². The summed E-state index contributed by atoms with van der Waals surface area (Å²) in [5.74, 6) is -0.0400. The monoisotopic (exact) mass is 429 g/mol. The molecule has 0 unspecified atom stereocenters. The lowest BCUT2D eigenvalue weighted by molar-refractivity contribution is -0.136. The fourth-order valence-electron chi connectivity index (χ4n) is 4.21. The van der Waals surface area contributed by atoms with Crippen LogP contribution in [0.4, 0.5) is 0 Å². The van der Waals surface area contributed by atoms with Gasteiger partial charge < -0.3 is 20.0 Å². The Hall–Kier alpha value is -3.57. The number of furan rings is 1. The van der Waals surface area contributed by atoms with Gasteiger partial charge >= 0.3 is 5.97 Å². The first-order chi connectivity index (χ1) is 15.5. The molecule has 5 heteroatoms. The van der Waals surface area contributed by atoms with Crippen molar-refractivity contribution >= 4 is 16.9 Å². The van der Waals surface area contributed by atoms with Crippen LogP contribution in [0.15, 0.2) is 71.3 Å². The van der Waals surface area contributed by atoms with Gasteiger partial charge in [0.05, 0.1) is 12.7 Å². The number of para-hydroxylation sites is 1. The van der Waals surface area contributed by atoms with Gasteiger partial charge in [0, 0.05) is 23.1 Å². The quantitative estimate of drug-likeness (QED) is 0.365. The Morgan fingerprint density at radius 1 is 1.06 bits per heavy atom. The summed E-state index contributed by atoms with van der Waals surface area (Å²) in [5, 5.41) is 10.3. The molecule has 3 N–H and O–H groups in total. The van der Waals surface area contributed by atoms with E-state index in [1.165, 1.54) is 5.56 Å². The second-order valence-corrected chi connectivity index (χ2v) is 8.19. The highest BCUT2D eigenvalue weighted by Crippen LogP contribution is 2.38. The third-order valence-corrected chi connectivity index (χ3v) is 5.61. The van der Waals surface area contributed by atoms with Gasteiger partial charge in [0.2, 0.25) is 0 Å². The Kier molecular flexibility index (Phi) is 6.28. The van der Waals surface area contributed by atoms with Gasteiger partial charge in [0.25, 0.3) is 0 Å². The van der Waals surface area contributed by atoms with Crippen molar-refractivity contribution in [3.05, 3.63) is 89.2 Å². The largest absolute Gasteiger partial charge is 0.489 e. The van der Waals surface area contributed by atoms with Gasteiger partial charge in [-0.05, 0) is 52.4 Å². The van der Waals surface area contributed by atoms with E-state index >= 15 is 0 Å². The van der Waals surface area contributed by atoms with Gasteiger partial charge in [0.15, 0.2) is 0 Å². The number of aliphatic carboxylic acids is 1. The number of carbonyl (C=O) groups is 1. The maximum Gasteiger partial charge on any atom is 0.307 e. The van der Waals surface area contributed by atoms with Crippen LogP contribution in [0.3, 0.4) is 0 Å². The van der Waals surface area contributed by atoms with E-state index in [4.69, 9.17) is 14.9 Å². The van der Waals surface area contributed by atoms with Crippen LogP contribution in [0.25, 0.3) is 22.1 Å². The fourth-order valence-corrected chi connectivity index (χ4v) is 4.21. The molecule has 1 aromatic heterocycles. The Balaban J connectivity index is 1.79. The van der Waals surface area contributed by atoms with Crippen LogP contribution >= 0.6 is 0 Å². The topological polar surface area (TPSA) is 85.7 Å². The average molecular weight is 430 g/mol. The van der Waals surface area contributed by atoms with Gasteiger partial charge in [-0.2, -0.15) is 0 Å². The van der Waals surface area contributed by atoms with Crippen LogP contribution in [0.5, 0.6) is 5.75 Å². The van der Waals surface area contributed by atoms with Crippen molar-refractivity contribution < 1.29 is 19.1 Å². The second-order valence-electron chi connectivity index (χ2n) is 8.19. The molecule has 4 aromatic rings. The first-order valence-electron chi connectivity index (χ1n) is 10.7. The van der Waals surface area contributed by atoms with E-state index in [1.54, 1.807) is 12.3 Å². The highest BCUT2D eigenvalue weighted by Gasteiger charge is 2.19. The van der Waals surface area contributed by atoms with Crippen molar-refractivity contribution in [3.63, 3.8) is 0 Å². The predicted octanol–water partition coefficient (Wildman–Crippen LogP) is 5.89. The Morgan fingerprint density at radius 3 is 2.62 bits per heavy atom. The van der Waals surface area contributed by atoms with Crippen LogP contribution in [-0.2, 0) is 24.4 Å². The van der Waals surface area contributed by atoms with Crippen LogP contribution in [-0.4, -0.2) is 11.1 Å². The standard InChI is InChI=1S/C27H27NO4/c1-17(2)26-21(16-32-24-9-4-3-7-20(24)14-25(29)30)13-23(27-22(26)10-11-31-27)19-8-5-6-18(12-19)15-28/h3-13,17H,14-16,28H2,1-2H3,(H,29,30). The number of nitrogens with two attached hydrogens (primary N) is 1. The Morgan fingerprint density at radius 2 is 1.88 bits per heavy atom. The van der Waals surface area contributed by atoms with E-state index < -0.39 is 5.97 Å². The predicted molar refractivity (Wildman–Crippen MR) is 126 cm³/mol. The zero-order valence-electron chi connectivity index (χ0n) is 18.3. The van der Waals surface area contributed by atoms with Crippen molar-refractivity contribution in [1.82, 2.24) is 0 Å². The minimum Gasteiger partial charge on any atom is -0.489 e. The summed E-state index contributed by atoms with van der Waals surface area (Å²) in [7, 11) is 0. The fraction of sp³-hybridized carbons (Fsp3) is 0.222. The maximum absolute atomic E-state index is 11.2. The van der Waals surface area contributed by atoms with Crippen LogP contribution in [0.1, 0.15) is 42.0 Å². The molecule has 0 spiro atoms. The molecular weight excluding hydrogens is 402 g/mol. The summed E-state index contributed by atoms with van der Waals surface area (Å²) in [6.07, 6.45) is 1.64. The highest BCUT2D eigenvalue weighted by molar-refractivity contribution is 5.96. The molecule has 0 aliphatic rings. The Bertz CT molecular complexity index is 1260. The third-order valence-electron chi connectivity index (χ3n) is 5.61. The van der Waals surface area contributed by atoms with E-state index in [0.717, 1.165) is 33.2 Å². The minimum atomic E-state index is -0.884. The molecule has 1 heterocycles. The van der Waals surface area contributed by atoms with E-state index in [0.29, 0.717) is 24.5 Å². The first kappa shape index (κ1) is 21.7. The van der Waals surface area contributed by atoms with Gasteiger partial charge in [0.1, 0.15) is 17.9 Å². The molecule has 4 rings (SSSR count). The molecule has 3 aromatic carbocycles. The minimum absolute atomic E-state index is 0.0783. The number of rotatable bonds is 8. The number of ether oxygens (including phenoxy) is 1. The molecule has 0 bridgehead atoms. The van der Waals surface area contributed by atoms with Crippen molar-refractivity contribution in [2.24, 2.45) is 5.73 Å². The zero-order chi connectivity index (χ0) is 22.7. The van der Waals surface area contributed by atoms with Crippen molar-refractivity contribution in [1.29, 1.82) is 0 Å². The van der Waals surface area contributed by atoms with Crippen LogP contribution in [0.2, 0.25) is 0 Å². The van der Waals surface area contributed by atoms with Gasteiger partial charge in [-0.1, -0.05) is 50.2 Å². The lowest BCUT2D eigenvalue weighted by Crippen LogP contribution is -2.06. The summed E-state index contributed by atoms with van der Waals surface area (Å²) >= 11 is 0. The summed E-state index contributed by atoms with van der Waals surface area (Å²) in [5.41, 5.74) is 12.7. The van der Waals surface area contributed by atoms with Crippen LogP contribution in [0, 0.1) is 0 Å². The summed E-state index contributed by atoms with van der Waals surface area (Å²) in [4.78, 5) is 11.2. The number of fused-ring (bicyclic) bond motifs is 1. The van der Waals surface area contributed by atoms with Crippen molar-refractivity contribution in [3.8, 4) is 16.9 Å². The zero-order valence-corrected chi connectivity index (χ0v) is 18.3. The number of benzene rings is 3. The number of carboxylic acid groups (broad SMARTS) is 1. The summed E-state index contributed by atoms with van der Waals surface area (Å²) < 4.78 is 12.1. The lowest BCUT2D eigenvalue weighted by atomic mass is 9.89. The number of hydrogen-bond donors (Lipinski definition) is 2. The number of carboxylic acids is 1. The molecule has 32 heavy (non-hydrogen) atoms. The average Bonchev–Trinajstić information content (AvgIpc) is 3.26. The maximum atomic E-state index is 11.2. The third kappa shape index (κ3) is 4.39. The Labute approximate surface area is 187 Å². The van der Waals surface area contributed by atoms with E-state index in [2.05, 4.69) is 32.0 Å². The van der Waals surface area contributed by atoms with Gasteiger partial charge in [-0.15, -0.1) is 0 Å². The number of hydrogen-bond acceptors (Lipinski definition) is 4. The molecule has 0 saturated carbocycles. The second kappa shape index (κ2) is 9.28. The van der Waals surface area contributed by atoms with E-state index in [9.17, 15) is 9.90 Å². The molecule has 0 atom stereocenters.